The van der Waals surface area contributed by atoms with E-state index in [1.165, 1.54) is 17.6 Å². The number of hydrogen-bond donors (Lipinski definition) is 1. The minimum atomic E-state index is -0.424. The van der Waals surface area contributed by atoms with E-state index >= 15 is 0 Å². The Balaban J connectivity index is 1.69. The van der Waals surface area contributed by atoms with E-state index in [4.69, 9.17) is 9.72 Å². The summed E-state index contributed by atoms with van der Waals surface area (Å²) in [5, 5.41) is 6.02. The molecule has 4 heterocycles. The highest BCUT2D eigenvalue weighted by Crippen LogP contribution is 2.38. The third kappa shape index (κ3) is 4.71. The minimum absolute atomic E-state index is 0.302. The van der Waals surface area contributed by atoms with Crippen molar-refractivity contribution in [2.75, 3.05) is 32.6 Å². The highest BCUT2D eigenvalue weighted by Gasteiger charge is 2.22. The van der Waals surface area contributed by atoms with E-state index < -0.39 is 5.97 Å². The van der Waals surface area contributed by atoms with Gasteiger partial charge in [0.2, 0.25) is 0 Å². The number of rotatable bonds is 6. The predicted octanol–water partition coefficient (Wildman–Crippen LogP) is 5.64. The lowest BCUT2D eigenvalue weighted by Crippen LogP contribution is -2.23. The number of nitrogens with zero attached hydrogens (tertiary/aromatic N) is 3. The van der Waals surface area contributed by atoms with Crippen LogP contribution in [0.4, 0.5) is 10.9 Å². The molecule has 3 aromatic heterocycles. The van der Waals surface area contributed by atoms with Crippen LogP contribution in [0.3, 0.4) is 0 Å². The van der Waals surface area contributed by atoms with Crippen LogP contribution in [0.1, 0.15) is 47.1 Å². The van der Waals surface area contributed by atoms with Gasteiger partial charge in [-0.05, 0) is 42.5 Å². The Kier molecular flexibility index (Phi) is 6.50. The third-order valence-corrected chi connectivity index (χ3v) is 7.21. The molecule has 0 aliphatic carbocycles. The Hall–Kier alpha value is -2.55. The van der Waals surface area contributed by atoms with Crippen molar-refractivity contribution < 1.29 is 9.53 Å². The standard InChI is InChI=1S/C23H26N4O2S2/c1-14(2)19-20(15-7-9-27(3)10-8-15)31-23(25-19)26-21-17(22(28)29-4)12-16(13-24-21)18-6-5-11-30-18/h5-7,11-14H,8-10H2,1-4H3,(H,24,25,26). The molecule has 0 spiro atoms. The summed E-state index contributed by atoms with van der Waals surface area (Å²) in [6.45, 7) is 6.31. The van der Waals surface area contributed by atoms with E-state index in [9.17, 15) is 4.79 Å². The Morgan fingerprint density at radius 2 is 2.19 bits per heavy atom. The van der Waals surface area contributed by atoms with Crippen molar-refractivity contribution in [3.05, 3.63) is 52.0 Å². The first-order valence-electron chi connectivity index (χ1n) is 10.2. The summed E-state index contributed by atoms with van der Waals surface area (Å²) in [4.78, 5) is 26.5. The maximum absolute atomic E-state index is 12.5. The van der Waals surface area contributed by atoms with Crippen LogP contribution in [0, 0.1) is 0 Å². The molecular formula is C23H26N4O2S2. The number of carbonyl (C=O) groups is 1. The highest BCUT2D eigenvalue weighted by atomic mass is 32.1. The molecule has 0 amide bonds. The van der Waals surface area contributed by atoms with Gasteiger partial charge in [0.1, 0.15) is 11.4 Å². The van der Waals surface area contributed by atoms with Crippen LogP contribution >= 0.6 is 22.7 Å². The molecule has 31 heavy (non-hydrogen) atoms. The number of methoxy groups -OCH3 is 1. The first-order chi connectivity index (χ1) is 15.0. The molecule has 3 aromatic rings. The molecule has 0 saturated heterocycles. The molecular weight excluding hydrogens is 428 g/mol. The summed E-state index contributed by atoms with van der Waals surface area (Å²) in [6, 6.07) is 5.81. The van der Waals surface area contributed by atoms with Gasteiger partial charge >= 0.3 is 5.97 Å². The lowest BCUT2D eigenvalue weighted by atomic mass is 10.0. The molecule has 0 fully saturated rings. The topological polar surface area (TPSA) is 67.3 Å². The van der Waals surface area contributed by atoms with Crippen LogP contribution in [-0.4, -0.2) is 48.1 Å². The molecule has 162 valence electrons. The number of thiazole rings is 1. The van der Waals surface area contributed by atoms with Crippen LogP contribution in [0.25, 0.3) is 16.0 Å². The Bertz CT molecular complexity index is 1100. The molecule has 6 nitrogen and oxygen atoms in total. The fourth-order valence-electron chi connectivity index (χ4n) is 3.49. The van der Waals surface area contributed by atoms with Crippen molar-refractivity contribution in [1.82, 2.24) is 14.9 Å². The number of anilines is 2. The van der Waals surface area contributed by atoms with Crippen molar-refractivity contribution in [3.8, 4) is 10.4 Å². The first kappa shape index (κ1) is 21.7. The van der Waals surface area contributed by atoms with E-state index in [1.807, 2.05) is 23.6 Å². The van der Waals surface area contributed by atoms with Gasteiger partial charge in [-0.15, -0.1) is 11.3 Å². The van der Waals surface area contributed by atoms with Crippen LogP contribution in [0.15, 0.2) is 35.9 Å². The summed E-state index contributed by atoms with van der Waals surface area (Å²) in [5.74, 6) is 0.337. The van der Waals surface area contributed by atoms with Crippen LogP contribution in [-0.2, 0) is 4.74 Å². The monoisotopic (exact) mass is 454 g/mol. The largest absolute Gasteiger partial charge is 0.465 e. The average Bonchev–Trinajstić information content (AvgIpc) is 3.44. The zero-order valence-electron chi connectivity index (χ0n) is 18.1. The Morgan fingerprint density at radius 1 is 1.35 bits per heavy atom. The summed E-state index contributed by atoms with van der Waals surface area (Å²) >= 11 is 3.23. The van der Waals surface area contributed by atoms with E-state index in [2.05, 4.69) is 42.2 Å². The van der Waals surface area contributed by atoms with Gasteiger partial charge in [0.05, 0.1) is 17.7 Å². The maximum atomic E-state index is 12.5. The molecule has 1 N–H and O–H groups in total. The predicted molar refractivity (Wildman–Crippen MR) is 128 cm³/mol. The summed E-state index contributed by atoms with van der Waals surface area (Å²) in [6.07, 6.45) is 5.08. The lowest BCUT2D eigenvalue weighted by molar-refractivity contribution is 0.0601. The molecule has 0 bridgehead atoms. The van der Waals surface area contributed by atoms with Gasteiger partial charge in [-0.3, -0.25) is 0 Å². The maximum Gasteiger partial charge on any atom is 0.341 e. The SMILES string of the molecule is COC(=O)c1cc(-c2cccs2)cnc1Nc1nc(C(C)C)c(C2=CCN(C)CC2)s1. The highest BCUT2D eigenvalue weighted by molar-refractivity contribution is 7.16. The normalized spacial score (nSPS) is 14.5. The van der Waals surface area contributed by atoms with Gasteiger partial charge in [0, 0.05) is 29.7 Å². The number of hydrogen-bond acceptors (Lipinski definition) is 8. The molecule has 1 aliphatic heterocycles. The van der Waals surface area contributed by atoms with Crippen molar-refractivity contribution >= 4 is 45.2 Å². The van der Waals surface area contributed by atoms with Gasteiger partial charge in [-0.1, -0.05) is 37.3 Å². The molecule has 4 rings (SSSR count). The van der Waals surface area contributed by atoms with Crippen molar-refractivity contribution in [3.63, 3.8) is 0 Å². The molecule has 0 saturated carbocycles. The van der Waals surface area contributed by atoms with Crippen molar-refractivity contribution in [1.29, 1.82) is 0 Å². The molecule has 0 atom stereocenters. The zero-order chi connectivity index (χ0) is 22.0. The molecule has 0 aromatic carbocycles. The number of thiophene rings is 1. The number of likely N-dealkylation sites (N-methyl/N-ethyl adjacent to an activating group) is 1. The van der Waals surface area contributed by atoms with E-state index in [0.717, 1.165) is 40.8 Å². The second-order valence-corrected chi connectivity index (χ2v) is 9.79. The second kappa shape index (κ2) is 9.30. The molecule has 0 unspecified atom stereocenters. The summed E-state index contributed by atoms with van der Waals surface area (Å²) in [7, 11) is 3.52. The third-order valence-electron chi connectivity index (χ3n) is 5.23. The summed E-state index contributed by atoms with van der Waals surface area (Å²) in [5.41, 5.74) is 3.72. The lowest BCUT2D eigenvalue weighted by Gasteiger charge is -2.22. The van der Waals surface area contributed by atoms with Crippen molar-refractivity contribution in [2.24, 2.45) is 0 Å². The zero-order valence-corrected chi connectivity index (χ0v) is 19.8. The first-order valence-corrected chi connectivity index (χ1v) is 11.9. The quantitative estimate of drug-likeness (QED) is 0.486. The Morgan fingerprint density at radius 3 is 2.84 bits per heavy atom. The number of carbonyl (C=O) groups excluding carboxylic acids is 1. The summed E-state index contributed by atoms with van der Waals surface area (Å²) < 4.78 is 5.01. The fourth-order valence-corrected chi connectivity index (χ4v) is 5.39. The average molecular weight is 455 g/mol. The van der Waals surface area contributed by atoms with E-state index in [-0.39, 0.29) is 0 Å². The second-order valence-electron chi connectivity index (χ2n) is 7.84. The van der Waals surface area contributed by atoms with Crippen molar-refractivity contribution in [2.45, 2.75) is 26.2 Å². The van der Waals surface area contributed by atoms with Gasteiger partial charge < -0.3 is 15.0 Å². The van der Waals surface area contributed by atoms with E-state index in [0.29, 0.717) is 17.3 Å². The van der Waals surface area contributed by atoms with E-state index in [1.54, 1.807) is 28.9 Å². The van der Waals surface area contributed by atoms with Gasteiger partial charge in [-0.25, -0.2) is 14.8 Å². The number of esters is 1. The van der Waals surface area contributed by atoms with Crippen LogP contribution in [0.5, 0.6) is 0 Å². The fraction of sp³-hybridized carbons (Fsp3) is 0.348. The molecule has 0 radical (unpaired) electrons. The minimum Gasteiger partial charge on any atom is -0.465 e. The van der Waals surface area contributed by atoms with Crippen LogP contribution < -0.4 is 5.32 Å². The number of ether oxygens (including phenoxy) is 1. The van der Waals surface area contributed by atoms with Gasteiger partial charge in [0.15, 0.2) is 5.13 Å². The van der Waals surface area contributed by atoms with Gasteiger partial charge in [-0.2, -0.15) is 0 Å². The van der Waals surface area contributed by atoms with Gasteiger partial charge in [0.25, 0.3) is 0 Å². The molecule has 1 aliphatic rings. The number of aromatic nitrogens is 2. The number of pyridine rings is 1. The molecule has 8 heteroatoms. The smallest absolute Gasteiger partial charge is 0.341 e. The van der Waals surface area contributed by atoms with Crippen LogP contribution in [0.2, 0.25) is 0 Å². The number of nitrogens with one attached hydrogen (secondary N) is 1. The Labute approximate surface area is 190 Å².